The smallest absolute Gasteiger partial charge is 0.207 e. The van der Waals surface area contributed by atoms with Gasteiger partial charge in [0.25, 0.3) is 0 Å². The van der Waals surface area contributed by atoms with Gasteiger partial charge in [0.2, 0.25) is 5.13 Å². The maximum atomic E-state index is 4.40. The number of aromatic nitrogens is 3. The quantitative estimate of drug-likeness (QED) is 0.783. The molecule has 0 amide bonds. The molecule has 18 heavy (non-hydrogen) atoms. The number of aryl methyl sites for hydroxylation is 2. The van der Waals surface area contributed by atoms with E-state index in [-0.39, 0.29) is 0 Å². The fourth-order valence-electron chi connectivity index (χ4n) is 1.91. The lowest BCUT2D eigenvalue weighted by Gasteiger charge is -2.03. The second kappa shape index (κ2) is 4.42. The van der Waals surface area contributed by atoms with Crippen LogP contribution in [0.3, 0.4) is 0 Å². The van der Waals surface area contributed by atoms with E-state index >= 15 is 0 Å². The maximum Gasteiger partial charge on any atom is 0.207 e. The number of benzene rings is 1. The van der Waals surface area contributed by atoms with Gasteiger partial charge in [0.15, 0.2) is 0 Å². The number of nitrogens with one attached hydrogen (secondary N) is 1. The minimum absolute atomic E-state index is 0.848. The Hall–Kier alpha value is -1.88. The standard InChI is InChI=1S/C13H14N4S/c1-3-12-15-13(18-16-12)14-10-5-4-9-6-7-17(2)11(9)8-10/h4-8H,3H2,1-2H3,(H,14,15,16). The zero-order chi connectivity index (χ0) is 12.5. The topological polar surface area (TPSA) is 42.7 Å². The lowest BCUT2D eigenvalue weighted by molar-refractivity contribution is 0.969. The van der Waals surface area contributed by atoms with E-state index in [1.807, 2.05) is 7.05 Å². The third-order valence-corrected chi connectivity index (χ3v) is 3.59. The molecule has 4 nitrogen and oxygen atoms in total. The lowest BCUT2D eigenvalue weighted by atomic mass is 10.2. The molecule has 0 radical (unpaired) electrons. The molecule has 0 aliphatic carbocycles. The summed E-state index contributed by atoms with van der Waals surface area (Å²) >= 11 is 1.40. The lowest BCUT2D eigenvalue weighted by Crippen LogP contribution is -1.91. The molecule has 0 saturated carbocycles. The summed E-state index contributed by atoms with van der Waals surface area (Å²) in [6.45, 7) is 2.06. The number of rotatable bonds is 3. The molecular weight excluding hydrogens is 244 g/mol. The molecule has 3 aromatic rings. The van der Waals surface area contributed by atoms with Crippen molar-refractivity contribution in [2.24, 2.45) is 7.05 Å². The van der Waals surface area contributed by atoms with Gasteiger partial charge in [0.05, 0.1) is 0 Å². The summed E-state index contributed by atoms with van der Waals surface area (Å²) < 4.78 is 6.37. The minimum atomic E-state index is 0.848. The Kier molecular flexibility index (Phi) is 2.76. The van der Waals surface area contributed by atoms with Gasteiger partial charge < -0.3 is 9.88 Å². The fraction of sp³-hybridized carbons (Fsp3) is 0.231. The first kappa shape index (κ1) is 11.2. The zero-order valence-corrected chi connectivity index (χ0v) is 11.2. The molecule has 3 rings (SSSR count). The first-order valence-electron chi connectivity index (χ1n) is 5.91. The summed E-state index contributed by atoms with van der Waals surface area (Å²) in [6, 6.07) is 8.41. The SMILES string of the molecule is CCc1nsc(Nc2ccc3ccn(C)c3c2)n1. The maximum absolute atomic E-state index is 4.40. The second-order valence-corrected chi connectivity index (χ2v) is 4.95. The van der Waals surface area contributed by atoms with Crippen LogP contribution in [0, 0.1) is 0 Å². The van der Waals surface area contributed by atoms with Gasteiger partial charge in [-0.3, -0.25) is 0 Å². The van der Waals surface area contributed by atoms with E-state index < -0.39 is 0 Å². The van der Waals surface area contributed by atoms with Crippen LogP contribution in [0.5, 0.6) is 0 Å². The molecule has 0 aliphatic rings. The number of nitrogens with zero attached hydrogens (tertiary/aromatic N) is 3. The van der Waals surface area contributed by atoms with Crippen LogP contribution in [0.2, 0.25) is 0 Å². The Balaban J connectivity index is 1.92. The van der Waals surface area contributed by atoms with Gasteiger partial charge >= 0.3 is 0 Å². The van der Waals surface area contributed by atoms with E-state index in [0.29, 0.717) is 0 Å². The van der Waals surface area contributed by atoms with Crippen LogP contribution in [0.1, 0.15) is 12.7 Å². The van der Waals surface area contributed by atoms with Crippen LogP contribution in [-0.4, -0.2) is 13.9 Å². The van der Waals surface area contributed by atoms with Crippen LogP contribution >= 0.6 is 11.5 Å². The van der Waals surface area contributed by atoms with Crippen molar-refractivity contribution in [1.82, 2.24) is 13.9 Å². The van der Waals surface area contributed by atoms with E-state index in [9.17, 15) is 0 Å². The first-order valence-corrected chi connectivity index (χ1v) is 6.68. The van der Waals surface area contributed by atoms with E-state index in [4.69, 9.17) is 0 Å². The minimum Gasteiger partial charge on any atom is -0.350 e. The molecule has 0 aliphatic heterocycles. The third kappa shape index (κ3) is 1.97. The Morgan fingerprint density at radius 1 is 1.33 bits per heavy atom. The van der Waals surface area contributed by atoms with E-state index in [2.05, 4.69) is 56.6 Å². The number of fused-ring (bicyclic) bond motifs is 1. The Morgan fingerprint density at radius 2 is 2.22 bits per heavy atom. The highest BCUT2D eigenvalue weighted by Crippen LogP contribution is 2.23. The van der Waals surface area contributed by atoms with Crippen LogP contribution < -0.4 is 5.32 Å². The molecule has 0 saturated heterocycles. The molecule has 0 bridgehead atoms. The summed E-state index contributed by atoms with van der Waals surface area (Å²) in [4.78, 5) is 4.40. The predicted octanol–water partition coefficient (Wildman–Crippen LogP) is 3.34. The highest BCUT2D eigenvalue weighted by molar-refractivity contribution is 7.09. The van der Waals surface area contributed by atoms with Crippen LogP contribution in [-0.2, 0) is 13.5 Å². The molecular formula is C13H14N4S. The summed E-state index contributed by atoms with van der Waals surface area (Å²) in [5.74, 6) is 0.891. The molecule has 2 heterocycles. The van der Waals surface area contributed by atoms with E-state index in [0.717, 1.165) is 23.1 Å². The number of hydrogen-bond acceptors (Lipinski definition) is 4. The summed E-state index contributed by atoms with van der Waals surface area (Å²) in [5.41, 5.74) is 2.25. The average Bonchev–Trinajstić information content (AvgIpc) is 2.97. The molecule has 0 unspecified atom stereocenters. The molecule has 0 spiro atoms. The van der Waals surface area contributed by atoms with Crippen molar-refractivity contribution in [3.63, 3.8) is 0 Å². The summed E-state index contributed by atoms with van der Waals surface area (Å²) in [5, 5.41) is 5.39. The van der Waals surface area contributed by atoms with Crippen molar-refractivity contribution in [1.29, 1.82) is 0 Å². The van der Waals surface area contributed by atoms with Gasteiger partial charge in [0.1, 0.15) is 5.82 Å². The second-order valence-electron chi connectivity index (χ2n) is 4.19. The van der Waals surface area contributed by atoms with Crippen molar-refractivity contribution in [3.8, 4) is 0 Å². The highest BCUT2D eigenvalue weighted by Gasteiger charge is 2.04. The summed E-state index contributed by atoms with van der Waals surface area (Å²) in [6.07, 6.45) is 2.93. The molecule has 5 heteroatoms. The van der Waals surface area contributed by atoms with Crippen molar-refractivity contribution in [2.75, 3.05) is 5.32 Å². The molecule has 1 N–H and O–H groups in total. The van der Waals surface area contributed by atoms with Crippen molar-refractivity contribution in [3.05, 3.63) is 36.3 Å². The largest absolute Gasteiger partial charge is 0.350 e. The number of hydrogen-bond donors (Lipinski definition) is 1. The third-order valence-electron chi connectivity index (χ3n) is 2.92. The first-order chi connectivity index (χ1) is 8.76. The zero-order valence-electron chi connectivity index (χ0n) is 10.3. The van der Waals surface area contributed by atoms with Gasteiger partial charge in [-0.05, 0) is 23.6 Å². The average molecular weight is 258 g/mol. The Labute approximate surface area is 109 Å². The van der Waals surface area contributed by atoms with Crippen LogP contribution in [0.4, 0.5) is 10.8 Å². The van der Waals surface area contributed by atoms with Gasteiger partial charge in [-0.1, -0.05) is 13.0 Å². The van der Waals surface area contributed by atoms with Crippen molar-refractivity contribution in [2.45, 2.75) is 13.3 Å². The van der Waals surface area contributed by atoms with E-state index in [1.54, 1.807) is 0 Å². The molecule has 0 fully saturated rings. The predicted molar refractivity (Wildman–Crippen MR) is 75.5 cm³/mol. The molecule has 2 aromatic heterocycles. The Bertz CT molecular complexity index is 683. The van der Waals surface area contributed by atoms with E-state index in [1.165, 1.54) is 22.4 Å². The van der Waals surface area contributed by atoms with Gasteiger partial charge in [-0.15, -0.1) is 0 Å². The van der Waals surface area contributed by atoms with Gasteiger partial charge in [-0.25, -0.2) is 4.98 Å². The van der Waals surface area contributed by atoms with Gasteiger partial charge in [0, 0.05) is 42.4 Å². The molecule has 1 aromatic carbocycles. The Morgan fingerprint density at radius 3 is 3.00 bits per heavy atom. The monoisotopic (exact) mass is 258 g/mol. The van der Waals surface area contributed by atoms with Crippen molar-refractivity contribution >= 4 is 33.3 Å². The normalized spacial score (nSPS) is 11.0. The summed E-state index contributed by atoms with van der Waals surface area (Å²) in [7, 11) is 2.05. The molecule has 92 valence electrons. The van der Waals surface area contributed by atoms with Crippen LogP contribution in [0.25, 0.3) is 10.9 Å². The highest BCUT2D eigenvalue weighted by atomic mass is 32.1. The number of anilines is 2. The van der Waals surface area contributed by atoms with Gasteiger partial charge in [-0.2, -0.15) is 4.37 Å². The molecule has 0 atom stereocenters. The fourth-order valence-corrected chi connectivity index (χ4v) is 2.58. The van der Waals surface area contributed by atoms with Crippen LogP contribution in [0.15, 0.2) is 30.5 Å². The van der Waals surface area contributed by atoms with Crippen molar-refractivity contribution < 1.29 is 0 Å².